The molecular weight excluding hydrogens is 318 g/mol. The Bertz CT molecular complexity index is 653. The molecule has 0 aliphatic heterocycles. The van der Waals surface area contributed by atoms with Crippen molar-refractivity contribution in [1.29, 1.82) is 0 Å². The van der Waals surface area contributed by atoms with Crippen LogP contribution in [0.3, 0.4) is 0 Å². The Balaban J connectivity index is 2.19. The van der Waals surface area contributed by atoms with E-state index >= 15 is 0 Å². The van der Waals surface area contributed by atoms with Crippen molar-refractivity contribution in [3.63, 3.8) is 0 Å². The number of hydrogen-bond donors (Lipinski definition) is 1. The average Bonchev–Trinajstić information content (AvgIpc) is 2.42. The standard InChI is InChI=1S/C16H16BrNO2/c1-10-4-5-12(8-11(10)2)16(19)18-13-6-7-15(20-3)14(17)9-13/h4-9H,1-3H3,(H,18,19). The van der Waals surface area contributed by atoms with Crippen molar-refractivity contribution < 1.29 is 9.53 Å². The fourth-order valence-electron chi connectivity index (χ4n) is 1.83. The highest BCUT2D eigenvalue weighted by Gasteiger charge is 2.08. The minimum absolute atomic E-state index is 0.120. The molecule has 0 spiro atoms. The van der Waals surface area contributed by atoms with E-state index in [0.29, 0.717) is 5.56 Å². The van der Waals surface area contributed by atoms with Crippen LogP contribution in [-0.2, 0) is 0 Å². The van der Waals surface area contributed by atoms with Gasteiger partial charge in [0.15, 0.2) is 0 Å². The predicted molar refractivity (Wildman–Crippen MR) is 84.6 cm³/mol. The van der Waals surface area contributed by atoms with Gasteiger partial charge >= 0.3 is 0 Å². The number of hydrogen-bond acceptors (Lipinski definition) is 2. The summed E-state index contributed by atoms with van der Waals surface area (Å²) in [5.41, 5.74) is 3.66. The smallest absolute Gasteiger partial charge is 0.255 e. The maximum atomic E-state index is 12.2. The lowest BCUT2D eigenvalue weighted by atomic mass is 10.1. The minimum Gasteiger partial charge on any atom is -0.496 e. The van der Waals surface area contributed by atoms with Gasteiger partial charge in [-0.1, -0.05) is 6.07 Å². The number of carbonyl (C=O) groups is 1. The van der Waals surface area contributed by atoms with Crippen molar-refractivity contribution in [2.24, 2.45) is 0 Å². The first kappa shape index (κ1) is 14.6. The predicted octanol–water partition coefficient (Wildman–Crippen LogP) is 4.33. The summed E-state index contributed by atoms with van der Waals surface area (Å²) in [6.45, 7) is 4.02. The van der Waals surface area contributed by atoms with Crippen LogP contribution in [0.4, 0.5) is 5.69 Å². The van der Waals surface area contributed by atoms with Gasteiger partial charge in [0.1, 0.15) is 5.75 Å². The van der Waals surface area contributed by atoms with Crippen LogP contribution in [0.2, 0.25) is 0 Å². The molecule has 0 aliphatic rings. The molecule has 0 aliphatic carbocycles. The summed E-state index contributed by atoms with van der Waals surface area (Å²) in [5.74, 6) is 0.611. The van der Waals surface area contributed by atoms with Gasteiger partial charge in [-0.05, 0) is 71.2 Å². The molecule has 0 bridgehead atoms. The van der Waals surface area contributed by atoms with Gasteiger partial charge in [-0.25, -0.2) is 0 Å². The molecular formula is C16H16BrNO2. The van der Waals surface area contributed by atoms with Crippen molar-refractivity contribution in [3.05, 3.63) is 57.6 Å². The van der Waals surface area contributed by atoms with Crippen molar-refractivity contribution in [1.82, 2.24) is 0 Å². The van der Waals surface area contributed by atoms with E-state index in [9.17, 15) is 4.79 Å². The maximum Gasteiger partial charge on any atom is 0.255 e. The van der Waals surface area contributed by atoms with Crippen molar-refractivity contribution in [2.45, 2.75) is 13.8 Å². The van der Waals surface area contributed by atoms with E-state index in [-0.39, 0.29) is 5.91 Å². The molecule has 104 valence electrons. The molecule has 2 aromatic carbocycles. The van der Waals surface area contributed by atoms with Crippen LogP contribution in [0, 0.1) is 13.8 Å². The lowest BCUT2D eigenvalue weighted by Gasteiger charge is -2.09. The van der Waals surface area contributed by atoms with Gasteiger partial charge in [0, 0.05) is 11.3 Å². The van der Waals surface area contributed by atoms with Crippen molar-refractivity contribution in [2.75, 3.05) is 12.4 Å². The molecule has 2 rings (SSSR count). The SMILES string of the molecule is COc1ccc(NC(=O)c2ccc(C)c(C)c2)cc1Br. The molecule has 0 saturated heterocycles. The zero-order valence-corrected chi connectivity index (χ0v) is 13.2. The second-order valence-electron chi connectivity index (χ2n) is 4.60. The number of methoxy groups -OCH3 is 1. The highest BCUT2D eigenvalue weighted by Crippen LogP contribution is 2.28. The van der Waals surface area contributed by atoms with Crippen LogP contribution in [0.25, 0.3) is 0 Å². The third-order valence-corrected chi connectivity index (χ3v) is 3.80. The van der Waals surface area contributed by atoms with E-state index in [4.69, 9.17) is 4.74 Å². The molecule has 4 heteroatoms. The van der Waals surface area contributed by atoms with Gasteiger partial charge in [-0.15, -0.1) is 0 Å². The minimum atomic E-state index is -0.120. The Labute approximate surface area is 127 Å². The zero-order valence-electron chi connectivity index (χ0n) is 11.7. The van der Waals surface area contributed by atoms with E-state index in [1.165, 1.54) is 5.56 Å². The quantitative estimate of drug-likeness (QED) is 0.907. The normalized spacial score (nSPS) is 10.2. The lowest BCUT2D eigenvalue weighted by Crippen LogP contribution is -2.12. The maximum absolute atomic E-state index is 12.2. The van der Waals surface area contributed by atoms with E-state index in [0.717, 1.165) is 21.5 Å². The third kappa shape index (κ3) is 3.20. The van der Waals surface area contributed by atoms with Gasteiger partial charge in [-0.3, -0.25) is 4.79 Å². The van der Waals surface area contributed by atoms with Crippen molar-refractivity contribution >= 4 is 27.5 Å². The van der Waals surface area contributed by atoms with Gasteiger partial charge in [-0.2, -0.15) is 0 Å². The highest BCUT2D eigenvalue weighted by atomic mass is 79.9. The molecule has 1 N–H and O–H groups in total. The number of halogens is 1. The van der Waals surface area contributed by atoms with Crippen LogP contribution in [-0.4, -0.2) is 13.0 Å². The first-order valence-corrected chi connectivity index (χ1v) is 7.02. The number of carbonyl (C=O) groups excluding carboxylic acids is 1. The Morgan fingerprint density at radius 1 is 1.10 bits per heavy atom. The Morgan fingerprint density at radius 2 is 1.85 bits per heavy atom. The second kappa shape index (κ2) is 6.09. The zero-order chi connectivity index (χ0) is 14.7. The summed E-state index contributed by atoms with van der Waals surface area (Å²) < 4.78 is 5.96. The van der Waals surface area contributed by atoms with Gasteiger partial charge in [0.05, 0.1) is 11.6 Å². The van der Waals surface area contributed by atoms with Crippen molar-refractivity contribution in [3.8, 4) is 5.75 Å². The molecule has 0 radical (unpaired) electrons. The Kier molecular flexibility index (Phi) is 4.45. The number of nitrogens with one attached hydrogen (secondary N) is 1. The summed E-state index contributed by atoms with van der Waals surface area (Å²) in [4.78, 5) is 12.2. The molecule has 0 atom stereocenters. The van der Waals surface area contributed by atoms with Crippen LogP contribution < -0.4 is 10.1 Å². The van der Waals surface area contributed by atoms with E-state index in [1.807, 2.05) is 44.2 Å². The highest BCUT2D eigenvalue weighted by molar-refractivity contribution is 9.10. The fraction of sp³-hybridized carbons (Fsp3) is 0.188. The van der Waals surface area contributed by atoms with Gasteiger partial charge in [0.25, 0.3) is 5.91 Å². The topological polar surface area (TPSA) is 38.3 Å². The molecule has 0 saturated carbocycles. The first-order valence-electron chi connectivity index (χ1n) is 6.23. The van der Waals surface area contributed by atoms with Crippen LogP contribution in [0.1, 0.15) is 21.5 Å². The van der Waals surface area contributed by atoms with Crippen LogP contribution in [0.15, 0.2) is 40.9 Å². The summed E-state index contributed by atoms with van der Waals surface area (Å²) in [5, 5.41) is 2.87. The molecule has 0 heterocycles. The largest absolute Gasteiger partial charge is 0.496 e. The summed E-state index contributed by atoms with van der Waals surface area (Å²) >= 11 is 3.40. The number of aryl methyl sites for hydroxylation is 2. The van der Waals surface area contributed by atoms with E-state index in [1.54, 1.807) is 13.2 Å². The lowest BCUT2D eigenvalue weighted by molar-refractivity contribution is 0.102. The molecule has 0 fully saturated rings. The molecule has 3 nitrogen and oxygen atoms in total. The fourth-order valence-corrected chi connectivity index (χ4v) is 2.37. The second-order valence-corrected chi connectivity index (χ2v) is 5.46. The third-order valence-electron chi connectivity index (χ3n) is 3.18. The number of amides is 1. The summed E-state index contributed by atoms with van der Waals surface area (Å²) in [6, 6.07) is 11.1. The number of anilines is 1. The summed E-state index contributed by atoms with van der Waals surface area (Å²) in [6.07, 6.45) is 0. The average molecular weight is 334 g/mol. The molecule has 0 unspecified atom stereocenters. The van der Waals surface area contributed by atoms with Gasteiger partial charge < -0.3 is 10.1 Å². The van der Waals surface area contributed by atoms with Gasteiger partial charge in [0.2, 0.25) is 0 Å². The Morgan fingerprint density at radius 3 is 2.45 bits per heavy atom. The molecule has 1 amide bonds. The van der Waals surface area contributed by atoms with Crippen LogP contribution in [0.5, 0.6) is 5.75 Å². The Hall–Kier alpha value is -1.81. The van der Waals surface area contributed by atoms with Crippen LogP contribution >= 0.6 is 15.9 Å². The number of benzene rings is 2. The van der Waals surface area contributed by atoms with E-state index in [2.05, 4.69) is 21.2 Å². The number of rotatable bonds is 3. The molecule has 20 heavy (non-hydrogen) atoms. The van der Waals surface area contributed by atoms with E-state index < -0.39 is 0 Å². The molecule has 0 aromatic heterocycles. The monoisotopic (exact) mass is 333 g/mol. The number of ether oxygens (including phenoxy) is 1. The molecule has 2 aromatic rings. The summed E-state index contributed by atoms with van der Waals surface area (Å²) in [7, 11) is 1.60. The first-order chi connectivity index (χ1) is 9.51.